The van der Waals surface area contributed by atoms with Crippen LogP contribution in [0.15, 0.2) is 25.0 Å². The lowest BCUT2D eigenvalue weighted by Crippen LogP contribution is -2.62. The number of rotatable bonds is 70. The highest BCUT2D eigenvalue weighted by molar-refractivity contribution is 7.98. The van der Waals surface area contributed by atoms with Crippen molar-refractivity contribution in [2.45, 2.75) is 275 Å². The minimum Gasteiger partial charge on any atom is -0.481 e. The molecule has 0 aliphatic rings. The normalized spacial score (nSPS) is 15.0. The first-order valence-electron chi connectivity index (χ1n) is 45.4. The zero-order valence-corrected chi connectivity index (χ0v) is 81.7. The topological polar surface area (TPSA) is 831 Å². The summed E-state index contributed by atoms with van der Waals surface area (Å²) < 4.78 is 0. The van der Waals surface area contributed by atoms with Crippen LogP contribution in [0.5, 0.6) is 0 Å². The standard InChI is InChI=1S/C85H144N26O25S2/c1-13-46(10)69(111-76(127)52(19-21-67(119)120)98-83(134)62(39-114)109-84(135)68(45(8)9)110-70(121)49(87)37-112)85(136)100-51(18-20-63(88)115)74(125)102-55(28-43(4)5)77(128)99-53(22-26-138-12)75(126)105-58(31-48-35-92-41-96-48)80(131)107-59(32-64(89)116)81(132)101-54(27-42(2)3)71(122)94-36-66(118)97-50(17-14-15-23-86)73(124)104-57(30-47-34-91-40-95-47)79(130)103-56(29-44(6)7)78(129)106-60(33-65(90)117)82(133)108-61(38-113)72(123)93-24-16-25-137-11/h34-35,40-46,49-62,68-69,112-114H,13-33,36-39,86-87H2,1-12H3,(H2,88,115)(H2,89,116)(H2,90,117)(H,91,95)(H,92,96)(H,93,123)(H,94,122)(H,97,118)(H,98,134)(H,99,128)(H,100,136)(H,101,132)(H,102,125)(H,103,130)(H,104,124)(H,105,126)(H,106,129)(H,107,131)(H,108,133)(H,109,135)(H,110,121)(H,111,127)(H,119,120). The number of nitrogens with zero attached hydrogens (tertiary/aromatic N) is 2. The van der Waals surface area contributed by atoms with E-state index >= 15 is 0 Å². The Balaban J connectivity index is 2.53. The maximum Gasteiger partial charge on any atom is 0.303 e. The van der Waals surface area contributed by atoms with E-state index in [-0.39, 0.29) is 81.8 Å². The number of aliphatic carboxylic acids is 1. The molecule has 0 saturated carbocycles. The zero-order chi connectivity index (χ0) is 104. The van der Waals surface area contributed by atoms with Crippen LogP contribution in [0.1, 0.15) is 177 Å². The van der Waals surface area contributed by atoms with Gasteiger partial charge in [0.2, 0.25) is 118 Å². The second-order valence-corrected chi connectivity index (χ2v) is 36.7. The quantitative estimate of drug-likeness (QED) is 0.0274. The van der Waals surface area contributed by atoms with Crippen LogP contribution < -0.4 is 119 Å². The largest absolute Gasteiger partial charge is 0.481 e. The van der Waals surface area contributed by atoms with Gasteiger partial charge in [-0.2, -0.15) is 23.5 Å². The van der Waals surface area contributed by atoms with Gasteiger partial charge in [-0.25, -0.2) is 9.97 Å². The van der Waals surface area contributed by atoms with E-state index in [1.165, 1.54) is 69.3 Å². The van der Waals surface area contributed by atoms with E-state index in [1.807, 2.05) is 6.26 Å². The number of aromatic amines is 2. The summed E-state index contributed by atoms with van der Waals surface area (Å²) in [5, 5.41) is 81.4. The number of hydrogen-bond donors (Lipinski definition) is 28. The fourth-order valence-electron chi connectivity index (χ4n) is 13.5. The van der Waals surface area contributed by atoms with Crippen LogP contribution in [-0.4, -0.2) is 325 Å². The first-order chi connectivity index (χ1) is 65.1. The first-order valence-corrected chi connectivity index (χ1v) is 48.2. The molecule has 33 N–H and O–H groups in total. The zero-order valence-electron chi connectivity index (χ0n) is 80.1. The van der Waals surface area contributed by atoms with Gasteiger partial charge in [0.05, 0.1) is 51.9 Å². The van der Waals surface area contributed by atoms with Gasteiger partial charge in [-0.3, -0.25) is 101 Å². The maximum absolute atomic E-state index is 14.8. The molecule has 2 aromatic rings. The van der Waals surface area contributed by atoms with Gasteiger partial charge in [0.25, 0.3) is 0 Å². The summed E-state index contributed by atoms with van der Waals surface area (Å²) in [5.41, 5.74) is 28.6. The molecule has 17 unspecified atom stereocenters. The van der Waals surface area contributed by atoms with Crippen molar-refractivity contribution in [2.75, 3.05) is 63.5 Å². The van der Waals surface area contributed by atoms with E-state index < -0.39 is 316 Å². The number of aromatic nitrogens is 4. The molecule has 0 radical (unpaired) electrons. The fraction of sp³-hybridized carbons (Fsp3) is 0.682. The van der Waals surface area contributed by atoms with Crippen LogP contribution >= 0.6 is 23.5 Å². The lowest BCUT2D eigenvalue weighted by Gasteiger charge is -2.30. The van der Waals surface area contributed by atoms with Gasteiger partial charge in [-0.05, 0) is 124 Å². The molecule has 17 atom stereocenters. The molecule has 51 nitrogen and oxygen atoms in total. The number of carboxylic acids is 1. The van der Waals surface area contributed by atoms with E-state index in [9.17, 15) is 121 Å². The third-order valence-electron chi connectivity index (χ3n) is 21.2. The monoisotopic (exact) mass is 1990 g/mol. The predicted octanol–water partition coefficient (Wildman–Crippen LogP) is -8.92. The summed E-state index contributed by atoms with van der Waals surface area (Å²) >= 11 is 2.77. The van der Waals surface area contributed by atoms with E-state index in [1.54, 1.807) is 54.7 Å². The van der Waals surface area contributed by atoms with E-state index in [2.05, 4.69) is 110 Å². The van der Waals surface area contributed by atoms with Crippen LogP contribution in [0, 0.1) is 29.6 Å². The van der Waals surface area contributed by atoms with Gasteiger partial charge in [0.15, 0.2) is 0 Å². The van der Waals surface area contributed by atoms with Crippen molar-refractivity contribution in [3.05, 3.63) is 36.4 Å². The summed E-state index contributed by atoms with van der Waals surface area (Å²) in [7, 11) is 0. The molecule has 138 heavy (non-hydrogen) atoms. The fourth-order valence-corrected chi connectivity index (χ4v) is 14.4. The molecular weight excluding hydrogens is 1850 g/mol. The minimum atomic E-state index is -1.90. The highest BCUT2D eigenvalue weighted by atomic mass is 32.2. The predicted molar refractivity (Wildman–Crippen MR) is 503 cm³/mol. The summed E-state index contributed by atoms with van der Waals surface area (Å²) in [6, 6.07) is -25.6. The van der Waals surface area contributed by atoms with Gasteiger partial charge >= 0.3 is 5.97 Å². The number of primary amides is 3. The number of aliphatic hydroxyl groups excluding tert-OH is 3. The molecule has 2 rings (SSSR count). The minimum absolute atomic E-state index is 0.0836. The van der Waals surface area contributed by atoms with Crippen molar-refractivity contribution in [2.24, 2.45) is 58.3 Å². The number of nitrogens with one attached hydrogen (secondary N) is 19. The number of hydrogen-bond acceptors (Lipinski definition) is 30. The number of aliphatic hydroxyl groups is 3. The summed E-state index contributed by atoms with van der Waals surface area (Å²) in [4.78, 5) is 303. The SMILES string of the molecule is CCC(C)C(NC(=O)C(CCC(=O)O)NC(=O)C(CO)NC(=O)C(NC(=O)C(N)CO)C(C)C)C(=O)NC(CCC(N)=O)C(=O)NC(CC(C)C)C(=O)NC(CCSC)C(=O)NC(Cc1cnc[nH]1)C(=O)NC(CC(N)=O)C(=O)NC(CC(C)C)C(=O)NCC(=O)NC(CCCCN)C(=O)NC(Cc1cnc[nH]1)C(=O)NC(CC(C)C)C(=O)NC(CC(N)=O)C(=O)NC(CO)C(=O)NCCCSC. The summed E-state index contributed by atoms with van der Waals surface area (Å²) in [6.45, 7) is 13.1. The Morgan fingerprint density at radius 3 is 1.14 bits per heavy atom. The highest BCUT2D eigenvalue weighted by Gasteiger charge is 2.41. The number of unbranched alkanes of at least 4 members (excludes halogenated alkanes) is 1. The van der Waals surface area contributed by atoms with Crippen LogP contribution in [0.4, 0.5) is 0 Å². The molecule has 2 heterocycles. The van der Waals surface area contributed by atoms with E-state index in [0.29, 0.717) is 24.3 Å². The molecule has 0 bridgehead atoms. The molecule has 0 spiro atoms. The molecular formula is C85H144N26O25S2. The first kappa shape index (κ1) is 122. The Kier molecular flexibility index (Phi) is 57.2. The number of nitrogens with two attached hydrogens (primary N) is 5. The van der Waals surface area contributed by atoms with Crippen LogP contribution in [-0.2, 0) is 114 Å². The average molecular weight is 1990 g/mol. The Hall–Kier alpha value is -12.2. The molecule has 20 amide bonds. The summed E-state index contributed by atoms with van der Waals surface area (Å²) in [6.07, 6.45) is 4.58. The van der Waals surface area contributed by atoms with Gasteiger partial charge in [-0.1, -0.05) is 75.7 Å². The van der Waals surface area contributed by atoms with E-state index in [4.69, 9.17) is 28.7 Å². The smallest absolute Gasteiger partial charge is 0.303 e. The van der Waals surface area contributed by atoms with Crippen molar-refractivity contribution in [1.29, 1.82) is 0 Å². The molecule has 0 fully saturated rings. The molecule has 0 aromatic carbocycles. The van der Waals surface area contributed by atoms with Crippen molar-refractivity contribution >= 4 is 148 Å². The Bertz CT molecular complexity index is 4320. The van der Waals surface area contributed by atoms with Gasteiger partial charge in [-0.15, -0.1) is 0 Å². The number of H-pyrrole nitrogens is 2. The molecule has 0 saturated heterocycles. The average Bonchev–Trinajstić information content (AvgIpc) is 1.23. The van der Waals surface area contributed by atoms with Crippen LogP contribution in [0.25, 0.3) is 0 Å². The lowest BCUT2D eigenvalue weighted by atomic mass is 9.96. The van der Waals surface area contributed by atoms with E-state index in [0.717, 1.165) is 0 Å². The number of carbonyl (C=O) groups excluding carboxylic acids is 20. The van der Waals surface area contributed by atoms with Crippen molar-refractivity contribution < 1.29 is 121 Å². The molecule has 0 aliphatic carbocycles. The molecule has 53 heteroatoms. The van der Waals surface area contributed by atoms with Gasteiger partial charge in [0.1, 0.15) is 96.7 Å². The Morgan fingerprint density at radius 1 is 0.377 bits per heavy atom. The van der Waals surface area contributed by atoms with Gasteiger partial charge in [0, 0.05) is 56.0 Å². The highest BCUT2D eigenvalue weighted by Crippen LogP contribution is 2.18. The number of amides is 20. The summed E-state index contributed by atoms with van der Waals surface area (Å²) in [5.74, 6) is -23.7. The molecule has 776 valence electrons. The second kappa shape index (κ2) is 64.8. The second-order valence-electron chi connectivity index (χ2n) is 34.8. The van der Waals surface area contributed by atoms with Crippen LogP contribution in [0.3, 0.4) is 0 Å². The lowest BCUT2D eigenvalue weighted by molar-refractivity contribution is -0.139. The number of carbonyl (C=O) groups is 21. The Labute approximate surface area is 808 Å². The van der Waals surface area contributed by atoms with Gasteiger partial charge < -0.3 is 149 Å². The number of carboxylic acid groups (broad SMARTS) is 1. The number of thioether (sulfide) groups is 2. The number of imidazole rings is 2. The van der Waals surface area contributed by atoms with Crippen molar-refractivity contribution in [3.8, 4) is 0 Å². The third kappa shape index (κ3) is 46.8. The molecule has 2 aromatic heterocycles. The van der Waals surface area contributed by atoms with Crippen molar-refractivity contribution in [3.63, 3.8) is 0 Å². The maximum atomic E-state index is 14.8. The third-order valence-corrected chi connectivity index (χ3v) is 22.5. The molecule has 0 aliphatic heterocycles. The van der Waals surface area contributed by atoms with Crippen molar-refractivity contribution in [1.82, 2.24) is 110 Å². The Morgan fingerprint density at radius 2 is 0.732 bits per heavy atom. The van der Waals surface area contributed by atoms with Crippen LogP contribution in [0.2, 0.25) is 0 Å².